The minimum atomic E-state index is -0.314. The number of benzene rings is 2. The van der Waals surface area contributed by atoms with E-state index in [0.29, 0.717) is 11.3 Å². The van der Waals surface area contributed by atoms with Crippen LogP contribution in [-0.4, -0.2) is 12.6 Å². The number of ether oxygens (including phenoxy) is 2. The van der Waals surface area contributed by atoms with Gasteiger partial charge in [0, 0.05) is 6.61 Å². The SMILES string of the molecule is CCCCCCCCCCCCCCCCOC(C)c1ccc(C(=O)Oc2ccccc2CCC)cc1. The maximum absolute atomic E-state index is 12.6. The molecule has 37 heavy (non-hydrogen) atoms. The fourth-order valence-electron chi connectivity index (χ4n) is 4.78. The summed E-state index contributed by atoms with van der Waals surface area (Å²) in [6.45, 7) is 7.28. The number of hydrogen-bond acceptors (Lipinski definition) is 3. The van der Waals surface area contributed by atoms with E-state index in [1.807, 2.05) is 48.5 Å². The van der Waals surface area contributed by atoms with Crippen molar-refractivity contribution in [2.75, 3.05) is 6.61 Å². The number of aryl methyl sites for hydroxylation is 1. The molecular formula is C34H52O3. The molecule has 0 N–H and O–H groups in total. The number of esters is 1. The van der Waals surface area contributed by atoms with E-state index in [-0.39, 0.29) is 12.1 Å². The van der Waals surface area contributed by atoms with Crippen LogP contribution in [-0.2, 0) is 11.2 Å². The Morgan fingerprint density at radius 1 is 0.676 bits per heavy atom. The predicted octanol–water partition coefficient (Wildman–Crippen LogP) is 10.4. The second-order valence-corrected chi connectivity index (χ2v) is 10.5. The van der Waals surface area contributed by atoms with E-state index in [0.717, 1.165) is 37.0 Å². The second-order valence-electron chi connectivity index (χ2n) is 10.5. The summed E-state index contributed by atoms with van der Waals surface area (Å²) < 4.78 is 11.7. The van der Waals surface area contributed by atoms with Crippen LogP contribution in [0, 0.1) is 0 Å². The highest BCUT2D eigenvalue weighted by molar-refractivity contribution is 5.91. The first kappa shape index (κ1) is 31.1. The summed E-state index contributed by atoms with van der Waals surface area (Å²) in [4.78, 5) is 12.6. The third kappa shape index (κ3) is 13.3. The highest BCUT2D eigenvalue weighted by Gasteiger charge is 2.13. The van der Waals surface area contributed by atoms with Crippen LogP contribution in [0.2, 0.25) is 0 Å². The Bertz CT molecular complexity index is 842. The van der Waals surface area contributed by atoms with E-state index in [1.165, 1.54) is 83.5 Å². The van der Waals surface area contributed by atoms with Crippen LogP contribution in [0.3, 0.4) is 0 Å². The third-order valence-corrected chi connectivity index (χ3v) is 7.18. The summed E-state index contributed by atoms with van der Waals surface area (Å²) in [7, 11) is 0. The van der Waals surface area contributed by atoms with Crippen molar-refractivity contribution < 1.29 is 14.3 Å². The molecule has 0 amide bonds. The van der Waals surface area contributed by atoms with Crippen LogP contribution in [0.5, 0.6) is 5.75 Å². The van der Waals surface area contributed by atoms with Gasteiger partial charge in [0.25, 0.3) is 0 Å². The molecule has 0 aliphatic heterocycles. The molecule has 0 bridgehead atoms. The monoisotopic (exact) mass is 508 g/mol. The summed E-state index contributed by atoms with van der Waals surface area (Å²) in [6, 6.07) is 15.4. The maximum atomic E-state index is 12.6. The standard InChI is InChI=1S/C34H52O3/c1-4-6-7-8-9-10-11-12-13-14-15-16-17-20-28-36-29(3)30-24-26-32(27-25-30)34(35)37-33-23-19-18-22-31(33)21-5-2/h18-19,22-27,29H,4-17,20-21,28H2,1-3H3. The van der Waals surface area contributed by atoms with Crippen molar-refractivity contribution in [2.24, 2.45) is 0 Å². The summed E-state index contributed by atoms with van der Waals surface area (Å²) in [5.41, 5.74) is 2.73. The average Bonchev–Trinajstić information content (AvgIpc) is 2.92. The van der Waals surface area contributed by atoms with Gasteiger partial charge in [0.2, 0.25) is 0 Å². The highest BCUT2D eigenvalue weighted by Crippen LogP contribution is 2.22. The van der Waals surface area contributed by atoms with Crippen molar-refractivity contribution in [3.8, 4) is 5.75 Å². The number of carbonyl (C=O) groups is 1. The lowest BCUT2D eigenvalue weighted by atomic mass is 10.0. The van der Waals surface area contributed by atoms with E-state index in [1.54, 1.807) is 0 Å². The first-order valence-electron chi connectivity index (χ1n) is 15.2. The molecule has 3 heteroatoms. The van der Waals surface area contributed by atoms with Gasteiger partial charge < -0.3 is 9.47 Å². The Morgan fingerprint density at radius 3 is 1.78 bits per heavy atom. The summed E-state index contributed by atoms with van der Waals surface area (Å²) in [5, 5.41) is 0. The summed E-state index contributed by atoms with van der Waals surface area (Å²) in [6.07, 6.45) is 21.1. The topological polar surface area (TPSA) is 35.5 Å². The van der Waals surface area contributed by atoms with Gasteiger partial charge in [-0.1, -0.05) is 134 Å². The molecule has 2 rings (SSSR count). The fraction of sp³-hybridized carbons (Fsp3) is 0.618. The summed E-state index contributed by atoms with van der Waals surface area (Å²) >= 11 is 0. The first-order valence-corrected chi connectivity index (χ1v) is 15.2. The Labute approximate surface area is 227 Å². The van der Waals surface area contributed by atoms with Crippen molar-refractivity contribution in [1.82, 2.24) is 0 Å². The molecule has 0 saturated carbocycles. The lowest BCUT2D eigenvalue weighted by molar-refractivity contribution is 0.0626. The molecule has 0 aliphatic carbocycles. The van der Waals surface area contributed by atoms with Crippen molar-refractivity contribution in [3.05, 3.63) is 65.2 Å². The molecule has 0 heterocycles. The molecule has 1 atom stereocenters. The van der Waals surface area contributed by atoms with Crippen molar-refractivity contribution in [3.63, 3.8) is 0 Å². The zero-order valence-corrected chi connectivity index (χ0v) is 23.9. The van der Waals surface area contributed by atoms with E-state index in [9.17, 15) is 4.79 Å². The minimum absolute atomic E-state index is 0.0253. The van der Waals surface area contributed by atoms with Gasteiger partial charge in [-0.2, -0.15) is 0 Å². The largest absolute Gasteiger partial charge is 0.423 e. The van der Waals surface area contributed by atoms with Crippen molar-refractivity contribution in [1.29, 1.82) is 0 Å². The van der Waals surface area contributed by atoms with Crippen LogP contribution in [0.4, 0.5) is 0 Å². The van der Waals surface area contributed by atoms with Gasteiger partial charge in [-0.25, -0.2) is 4.79 Å². The van der Waals surface area contributed by atoms with Gasteiger partial charge >= 0.3 is 5.97 Å². The van der Waals surface area contributed by atoms with E-state index in [2.05, 4.69) is 20.8 Å². The summed E-state index contributed by atoms with van der Waals surface area (Å²) in [5.74, 6) is 0.342. The lowest BCUT2D eigenvalue weighted by Gasteiger charge is -2.14. The van der Waals surface area contributed by atoms with E-state index in [4.69, 9.17) is 9.47 Å². The third-order valence-electron chi connectivity index (χ3n) is 7.18. The molecule has 0 aliphatic rings. The molecule has 206 valence electrons. The smallest absolute Gasteiger partial charge is 0.343 e. The van der Waals surface area contributed by atoms with Crippen molar-refractivity contribution in [2.45, 2.75) is 130 Å². The van der Waals surface area contributed by atoms with Gasteiger partial charge in [-0.3, -0.25) is 0 Å². The van der Waals surface area contributed by atoms with Gasteiger partial charge in [0.05, 0.1) is 11.7 Å². The Balaban J connectivity index is 1.54. The number of para-hydroxylation sites is 1. The first-order chi connectivity index (χ1) is 18.2. The minimum Gasteiger partial charge on any atom is -0.423 e. The molecule has 1 unspecified atom stereocenters. The van der Waals surface area contributed by atoms with Crippen molar-refractivity contribution >= 4 is 5.97 Å². The van der Waals surface area contributed by atoms with E-state index < -0.39 is 0 Å². The van der Waals surface area contributed by atoms with Crippen LogP contribution in [0.25, 0.3) is 0 Å². The maximum Gasteiger partial charge on any atom is 0.343 e. The molecular weight excluding hydrogens is 456 g/mol. The van der Waals surface area contributed by atoms with Gasteiger partial charge in [0.15, 0.2) is 0 Å². The second kappa shape index (κ2) is 19.9. The molecule has 3 nitrogen and oxygen atoms in total. The molecule has 0 spiro atoms. The Kier molecular flexibility index (Phi) is 16.7. The molecule has 2 aromatic rings. The van der Waals surface area contributed by atoms with Crippen LogP contribution >= 0.6 is 0 Å². The Morgan fingerprint density at radius 2 is 1.22 bits per heavy atom. The lowest BCUT2D eigenvalue weighted by Crippen LogP contribution is -2.10. The number of rotatable bonds is 21. The quantitative estimate of drug-likeness (QED) is 0.0955. The molecule has 0 saturated heterocycles. The normalized spacial score (nSPS) is 12.0. The van der Waals surface area contributed by atoms with Gasteiger partial charge in [-0.05, 0) is 49.1 Å². The molecule has 0 aromatic heterocycles. The van der Waals surface area contributed by atoms with Crippen LogP contribution < -0.4 is 4.74 Å². The average molecular weight is 509 g/mol. The zero-order valence-electron chi connectivity index (χ0n) is 23.9. The van der Waals surface area contributed by atoms with Crippen LogP contribution in [0.1, 0.15) is 145 Å². The van der Waals surface area contributed by atoms with E-state index >= 15 is 0 Å². The zero-order chi connectivity index (χ0) is 26.6. The number of carbonyl (C=O) groups excluding carboxylic acids is 1. The molecule has 2 aromatic carbocycles. The van der Waals surface area contributed by atoms with Gasteiger partial charge in [-0.15, -0.1) is 0 Å². The molecule has 0 fully saturated rings. The number of hydrogen-bond donors (Lipinski definition) is 0. The fourth-order valence-corrected chi connectivity index (χ4v) is 4.78. The molecule has 0 radical (unpaired) electrons. The predicted molar refractivity (Wildman–Crippen MR) is 157 cm³/mol. The van der Waals surface area contributed by atoms with Gasteiger partial charge in [0.1, 0.15) is 5.75 Å². The highest BCUT2D eigenvalue weighted by atomic mass is 16.5. The van der Waals surface area contributed by atoms with Crippen LogP contribution in [0.15, 0.2) is 48.5 Å². The number of unbranched alkanes of at least 4 members (excludes halogenated alkanes) is 13. The Hall–Kier alpha value is -2.13.